The molecule has 19 nitrogen and oxygen atoms in total. The third-order valence-corrected chi connectivity index (χ3v) is 15.3. The lowest BCUT2D eigenvalue weighted by Crippen LogP contribution is -2.52. The molecular weight excluding hydrogens is 827 g/mol. The summed E-state index contributed by atoms with van der Waals surface area (Å²) >= 11 is 0. The first-order valence-corrected chi connectivity index (χ1v) is 21.3. The number of sulfone groups is 2. The summed E-state index contributed by atoms with van der Waals surface area (Å²) in [5.41, 5.74) is 20.1. The van der Waals surface area contributed by atoms with Crippen molar-refractivity contribution in [1.29, 1.82) is 0 Å². The monoisotopic (exact) mass is 859 g/mol. The summed E-state index contributed by atoms with van der Waals surface area (Å²) in [5, 5.41) is 55.4. The minimum Gasteiger partial charge on any atom is -0.505 e. The van der Waals surface area contributed by atoms with E-state index in [2.05, 4.69) is 30.7 Å². The van der Waals surface area contributed by atoms with Crippen LogP contribution in [-0.4, -0.2) is 62.4 Å². The number of phenols is 1. The SMILES string of the molecule is Nc1ccc(N=Nc2ccc(S(=O)(=O)c3ccc(N=Nc4ccc5ccc(/N=N/c6ccc(S(=O)(=O)C(CO)(CO)S(=O)(=O)O)cc6)c(O)c5c4N)cc3)cc2)c(N)c1. The molecule has 0 aromatic heterocycles. The Bertz CT molecular complexity index is 3000. The number of phenolic OH excluding ortho intramolecular Hbond substituents is 1. The van der Waals surface area contributed by atoms with Crippen molar-refractivity contribution in [2.45, 2.75) is 18.8 Å². The summed E-state index contributed by atoms with van der Waals surface area (Å²) in [4.78, 5) is -0.622. The second kappa shape index (κ2) is 16.3. The van der Waals surface area contributed by atoms with E-state index in [0.29, 0.717) is 33.8 Å². The molecule has 6 rings (SSSR count). The highest BCUT2D eigenvalue weighted by atomic mass is 32.3. The lowest BCUT2D eigenvalue weighted by atomic mass is 10.1. The highest BCUT2D eigenvalue weighted by Crippen LogP contribution is 2.43. The number of anilines is 3. The molecule has 0 aliphatic heterocycles. The van der Waals surface area contributed by atoms with Gasteiger partial charge in [-0.25, -0.2) is 16.8 Å². The lowest BCUT2D eigenvalue weighted by Gasteiger charge is -2.25. The van der Waals surface area contributed by atoms with Crippen molar-refractivity contribution in [2.24, 2.45) is 30.7 Å². The van der Waals surface area contributed by atoms with E-state index in [-0.39, 0.29) is 43.7 Å². The number of nitrogens with zero attached hydrogens (tertiary/aromatic N) is 6. The van der Waals surface area contributed by atoms with Crippen LogP contribution in [0.25, 0.3) is 10.8 Å². The van der Waals surface area contributed by atoms with Crippen LogP contribution in [-0.2, 0) is 29.8 Å². The van der Waals surface area contributed by atoms with Gasteiger partial charge in [0.05, 0.1) is 61.7 Å². The van der Waals surface area contributed by atoms with Crippen LogP contribution in [0.4, 0.5) is 51.2 Å². The number of benzene rings is 6. The Morgan fingerprint density at radius 2 is 0.949 bits per heavy atom. The Morgan fingerprint density at radius 1 is 0.525 bits per heavy atom. The molecule has 0 saturated carbocycles. The first-order chi connectivity index (χ1) is 27.9. The van der Waals surface area contributed by atoms with Crippen LogP contribution in [0.3, 0.4) is 0 Å². The number of hydrogen-bond acceptors (Lipinski definition) is 18. The largest absolute Gasteiger partial charge is 0.505 e. The molecule has 0 aliphatic rings. The zero-order valence-corrected chi connectivity index (χ0v) is 32.7. The molecule has 0 atom stereocenters. The van der Waals surface area contributed by atoms with Crippen LogP contribution in [0.2, 0.25) is 0 Å². The Labute approximate surface area is 336 Å². The Balaban J connectivity index is 1.17. The summed E-state index contributed by atoms with van der Waals surface area (Å²) in [6.07, 6.45) is 0. The van der Waals surface area contributed by atoms with Gasteiger partial charge in [0.1, 0.15) is 17.1 Å². The van der Waals surface area contributed by atoms with Crippen molar-refractivity contribution in [3.05, 3.63) is 115 Å². The first-order valence-electron chi connectivity index (χ1n) is 16.8. The van der Waals surface area contributed by atoms with E-state index in [0.717, 1.165) is 24.3 Å². The van der Waals surface area contributed by atoms with Gasteiger partial charge in [-0.3, -0.25) is 4.55 Å². The van der Waals surface area contributed by atoms with Gasteiger partial charge in [0.25, 0.3) is 10.1 Å². The van der Waals surface area contributed by atoms with Gasteiger partial charge in [0.15, 0.2) is 5.75 Å². The van der Waals surface area contributed by atoms with Crippen molar-refractivity contribution in [1.82, 2.24) is 0 Å². The van der Waals surface area contributed by atoms with E-state index >= 15 is 0 Å². The molecule has 0 amide bonds. The fraction of sp³-hybridized carbons (Fsp3) is 0.0811. The Morgan fingerprint density at radius 3 is 1.41 bits per heavy atom. The molecule has 6 aromatic carbocycles. The number of azo groups is 3. The molecule has 0 bridgehead atoms. The Hall–Kier alpha value is -6.69. The predicted octanol–water partition coefficient (Wildman–Crippen LogP) is 6.71. The van der Waals surface area contributed by atoms with Gasteiger partial charge < -0.3 is 32.5 Å². The van der Waals surface area contributed by atoms with E-state index in [4.69, 9.17) is 17.2 Å². The lowest BCUT2D eigenvalue weighted by molar-refractivity contribution is 0.198. The van der Waals surface area contributed by atoms with E-state index in [1.165, 1.54) is 54.6 Å². The van der Waals surface area contributed by atoms with Crippen molar-refractivity contribution >= 4 is 91.8 Å². The van der Waals surface area contributed by atoms with E-state index in [1.54, 1.807) is 36.4 Å². The van der Waals surface area contributed by atoms with Crippen LogP contribution in [0.15, 0.2) is 161 Å². The third-order valence-electron chi connectivity index (χ3n) is 8.91. The molecule has 10 N–H and O–H groups in total. The maximum Gasteiger partial charge on any atom is 0.290 e. The van der Waals surface area contributed by atoms with Gasteiger partial charge in [0, 0.05) is 5.69 Å². The van der Waals surface area contributed by atoms with Crippen LogP contribution in [0, 0.1) is 0 Å². The molecule has 304 valence electrons. The van der Waals surface area contributed by atoms with Gasteiger partial charge in [-0.2, -0.15) is 23.8 Å². The van der Waals surface area contributed by atoms with Crippen molar-refractivity contribution < 1.29 is 45.1 Å². The molecular formula is C37H33N9O10S3. The maximum atomic E-state index is 13.3. The summed E-state index contributed by atoms with van der Waals surface area (Å²) in [5.74, 6) is -0.374. The second-order valence-corrected chi connectivity index (χ2v) is 18.8. The average Bonchev–Trinajstić information content (AvgIpc) is 3.20. The molecule has 0 unspecified atom stereocenters. The normalized spacial score (nSPS) is 12.9. The van der Waals surface area contributed by atoms with Crippen molar-refractivity contribution in [3.63, 3.8) is 0 Å². The minimum absolute atomic E-state index is 0.000795. The highest BCUT2D eigenvalue weighted by molar-refractivity contribution is 8.08. The fourth-order valence-corrected chi connectivity index (χ4v) is 9.77. The summed E-state index contributed by atoms with van der Waals surface area (Å²) in [7, 11) is -14.4. The second-order valence-electron chi connectivity index (χ2n) is 12.6. The molecule has 6 aromatic rings. The highest BCUT2D eigenvalue weighted by Gasteiger charge is 2.55. The first kappa shape index (κ1) is 41.9. The molecule has 0 saturated heterocycles. The van der Waals surface area contributed by atoms with Crippen LogP contribution >= 0.6 is 0 Å². The maximum absolute atomic E-state index is 13.3. The summed E-state index contributed by atoms with van der Waals surface area (Å²) in [6.45, 7) is -3.23. The number of fused-ring (bicyclic) bond motifs is 1. The van der Waals surface area contributed by atoms with E-state index in [9.17, 15) is 45.1 Å². The smallest absolute Gasteiger partial charge is 0.290 e. The topological polar surface area (TPSA) is 336 Å². The van der Waals surface area contributed by atoms with Gasteiger partial charge >= 0.3 is 0 Å². The predicted molar refractivity (Wildman–Crippen MR) is 218 cm³/mol. The van der Waals surface area contributed by atoms with Gasteiger partial charge in [-0.05, 0) is 109 Å². The van der Waals surface area contributed by atoms with Gasteiger partial charge in [-0.15, -0.1) is 15.3 Å². The molecule has 0 fully saturated rings. The molecule has 0 aliphatic carbocycles. The fourth-order valence-electron chi connectivity index (χ4n) is 5.52. The van der Waals surface area contributed by atoms with Crippen molar-refractivity contribution in [2.75, 3.05) is 30.4 Å². The standard InChI is InChI=1S/C37H33N9O10S3/c38-23-3-18-31(30(39)19-23)44-41-24-4-10-27(11-5-24)57(50,51)28-12-6-25(7-13-28)42-45-32-16-1-22-2-17-33(36(49)34(22)35(32)40)46-43-26-8-14-29(15-9-26)58(52,53)37(20-47,21-48)59(54,55)56/h1-19,47-49H,20-21,38-40H2,(H,54,55,56)/b44-41?,45-42?,46-43+. The molecule has 59 heavy (non-hydrogen) atoms. The van der Waals surface area contributed by atoms with E-state index in [1.807, 2.05) is 0 Å². The summed E-state index contributed by atoms with van der Waals surface area (Å²) in [6, 6.07) is 26.7. The van der Waals surface area contributed by atoms with Gasteiger partial charge in [0.2, 0.25) is 23.8 Å². The third kappa shape index (κ3) is 8.20. The number of nitrogens with two attached hydrogens (primary N) is 3. The zero-order valence-electron chi connectivity index (χ0n) is 30.3. The number of aliphatic hydroxyl groups is 2. The number of nitrogen functional groups attached to an aromatic ring is 3. The molecule has 0 spiro atoms. The van der Waals surface area contributed by atoms with Gasteiger partial charge in [-0.1, -0.05) is 12.1 Å². The molecule has 22 heteroatoms. The van der Waals surface area contributed by atoms with E-state index < -0.39 is 52.0 Å². The van der Waals surface area contributed by atoms with Crippen molar-refractivity contribution in [3.8, 4) is 5.75 Å². The van der Waals surface area contributed by atoms with Crippen LogP contribution in [0.1, 0.15) is 0 Å². The van der Waals surface area contributed by atoms with Crippen LogP contribution < -0.4 is 17.2 Å². The number of rotatable bonds is 13. The van der Waals surface area contributed by atoms with Crippen LogP contribution in [0.5, 0.6) is 5.75 Å². The molecule has 0 radical (unpaired) electrons. The number of hydrogen-bond donors (Lipinski definition) is 7. The zero-order chi connectivity index (χ0) is 42.8. The minimum atomic E-state index is -5.47. The average molecular weight is 860 g/mol. The summed E-state index contributed by atoms with van der Waals surface area (Å²) < 4.78 is 82.4. The number of aromatic hydroxyl groups is 1. The number of aliphatic hydroxyl groups excluding tert-OH is 2. The molecule has 0 heterocycles. The quantitative estimate of drug-likeness (QED) is 0.0361. The Kier molecular flexibility index (Phi) is 11.6.